The van der Waals surface area contributed by atoms with Gasteiger partial charge in [0, 0.05) is 54.9 Å². The van der Waals surface area contributed by atoms with Crippen LogP contribution in [0.3, 0.4) is 0 Å². The zero-order valence-electron chi connectivity index (χ0n) is 23.1. The number of para-hydroxylation sites is 1. The van der Waals surface area contributed by atoms with Crippen molar-refractivity contribution in [2.45, 2.75) is 25.8 Å². The van der Waals surface area contributed by atoms with Crippen molar-refractivity contribution in [3.8, 4) is 5.75 Å². The number of aryl methyl sites for hydroxylation is 1. The molecule has 0 unspecified atom stereocenters. The molecule has 9 heteroatoms. The first kappa shape index (κ1) is 28.2. The van der Waals surface area contributed by atoms with Crippen molar-refractivity contribution < 1.29 is 19.4 Å². The van der Waals surface area contributed by atoms with Gasteiger partial charge >= 0.3 is 0 Å². The second-order valence-electron chi connectivity index (χ2n) is 10.4. The number of hydrogen-bond donors (Lipinski definition) is 3. The van der Waals surface area contributed by atoms with E-state index >= 15 is 0 Å². The minimum Gasteiger partial charge on any atom is -0.489 e. The summed E-state index contributed by atoms with van der Waals surface area (Å²) in [4.78, 5) is 33.7. The average Bonchev–Trinajstić information content (AvgIpc) is 2.99. The van der Waals surface area contributed by atoms with E-state index in [1.54, 1.807) is 29.2 Å². The van der Waals surface area contributed by atoms with Gasteiger partial charge in [0.1, 0.15) is 12.4 Å². The number of primary amides is 1. The Morgan fingerprint density at radius 3 is 2.37 bits per heavy atom. The van der Waals surface area contributed by atoms with Crippen LogP contribution in [0.4, 0.5) is 0 Å². The Morgan fingerprint density at radius 2 is 1.66 bits per heavy atom. The number of piperazine rings is 1. The molecule has 9 nitrogen and oxygen atoms in total. The summed E-state index contributed by atoms with van der Waals surface area (Å²) in [6.45, 7) is 5.00. The van der Waals surface area contributed by atoms with E-state index in [-0.39, 0.29) is 6.54 Å². The van der Waals surface area contributed by atoms with Crippen molar-refractivity contribution in [2.75, 3.05) is 32.7 Å². The molecule has 0 aliphatic carbocycles. The van der Waals surface area contributed by atoms with Gasteiger partial charge in [-0.1, -0.05) is 48.5 Å². The Bertz CT molecular complexity index is 1500. The van der Waals surface area contributed by atoms with Crippen LogP contribution < -0.4 is 15.8 Å². The number of benzene rings is 3. The number of nitrogens with zero attached hydrogens (tertiary/aromatic N) is 3. The number of aliphatic hydroxyl groups is 1. The van der Waals surface area contributed by atoms with Gasteiger partial charge in [0.25, 0.3) is 11.8 Å². The molecule has 0 radical (unpaired) electrons. The highest BCUT2D eigenvalue weighted by atomic mass is 16.5. The van der Waals surface area contributed by atoms with Crippen molar-refractivity contribution in [1.82, 2.24) is 20.1 Å². The Hall–Kier alpha value is -4.31. The van der Waals surface area contributed by atoms with Crippen molar-refractivity contribution >= 4 is 22.7 Å². The lowest BCUT2D eigenvalue weighted by Gasteiger charge is -2.42. The summed E-state index contributed by atoms with van der Waals surface area (Å²) in [6, 6.07) is 26.8. The second kappa shape index (κ2) is 12.5. The maximum Gasteiger partial charge on any atom is 0.266 e. The van der Waals surface area contributed by atoms with E-state index in [0.29, 0.717) is 44.1 Å². The fraction of sp³-hybridized carbons (Fsp3) is 0.281. The molecule has 5 rings (SSSR count). The van der Waals surface area contributed by atoms with Crippen molar-refractivity contribution in [3.05, 3.63) is 107 Å². The van der Waals surface area contributed by atoms with Crippen molar-refractivity contribution in [1.29, 1.82) is 0 Å². The normalized spacial score (nSPS) is 15.8. The predicted octanol–water partition coefficient (Wildman–Crippen LogP) is 2.84. The lowest BCUT2D eigenvalue weighted by Crippen LogP contribution is -2.66. The summed E-state index contributed by atoms with van der Waals surface area (Å²) in [5, 5.41) is 14.9. The molecule has 2 heterocycles. The Labute approximate surface area is 239 Å². The van der Waals surface area contributed by atoms with Crippen LogP contribution in [0.25, 0.3) is 10.9 Å². The van der Waals surface area contributed by atoms with Crippen LogP contribution in [0.1, 0.15) is 27.2 Å². The van der Waals surface area contributed by atoms with E-state index in [4.69, 9.17) is 10.5 Å². The molecule has 2 amide bonds. The van der Waals surface area contributed by atoms with Gasteiger partial charge in [0.2, 0.25) is 5.72 Å². The SMILES string of the molecule is Cc1cc(COc2ccc(C(=O)NC[C@](O)(C(N)=O)N3CCN(Cc4ccccc4)CC3)cc2)c2ccccc2n1. The number of pyridine rings is 1. The molecule has 1 aliphatic rings. The van der Waals surface area contributed by atoms with E-state index in [2.05, 4.69) is 27.3 Å². The highest BCUT2D eigenvalue weighted by molar-refractivity contribution is 5.95. The molecule has 212 valence electrons. The molecular formula is C32H35N5O4. The summed E-state index contributed by atoms with van der Waals surface area (Å²) in [5.74, 6) is -0.700. The second-order valence-corrected chi connectivity index (χ2v) is 10.4. The number of amides is 2. The van der Waals surface area contributed by atoms with E-state index < -0.39 is 17.5 Å². The maximum absolute atomic E-state index is 12.9. The third-order valence-corrected chi connectivity index (χ3v) is 7.48. The largest absolute Gasteiger partial charge is 0.489 e. The number of fused-ring (bicyclic) bond motifs is 1. The number of carbonyl (C=O) groups is 2. The van der Waals surface area contributed by atoms with Gasteiger partial charge in [-0.2, -0.15) is 0 Å². The fourth-order valence-electron chi connectivity index (χ4n) is 5.16. The van der Waals surface area contributed by atoms with Crippen LogP contribution in [0.15, 0.2) is 84.9 Å². The van der Waals surface area contributed by atoms with Crippen LogP contribution in [-0.4, -0.2) is 70.2 Å². The predicted molar refractivity (Wildman–Crippen MR) is 157 cm³/mol. The maximum atomic E-state index is 12.9. The fourth-order valence-corrected chi connectivity index (χ4v) is 5.16. The smallest absolute Gasteiger partial charge is 0.266 e. The Morgan fingerprint density at radius 1 is 0.976 bits per heavy atom. The minimum absolute atomic E-state index is 0.313. The lowest BCUT2D eigenvalue weighted by molar-refractivity contribution is -0.163. The highest BCUT2D eigenvalue weighted by Gasteiger charge is 2.42. The zero-order valence-corrected chi connectivity index (χ0v) is 23.1. The lowest BCUT2D eigenvalue weighted by atomic mass is 10.1. The van der Waals surface area contributed by atoms with Gasteiger partial charge in [0.05, 0.1) is 12.1 Å². The molecule has 1 aromatic heterocycles. The third kappa shape index (κ3) is 6.71. The van der Waals surface area contributed by atoms with E-state index in [1.807, 2.05) is 55.5 Å². The average molecular weight is 554 g/mol. The van der Waals surface area contributed by atoms with Crippen molar-refractivity contribution in [3.63, 3.8) is 0 Å². The summed E-state index contributed by atoms with van der Waals surface area (Å²) in [5.41, 5.74) is 8.08. The third-order valence-electron chi connectivity index (χ3n) is 7.48. The summed E-state index contributed by atoms with van der Waals surface area (Å²) < 4.78 is 5.99. The molecule has 0 spiro atoms. The van der Waals surface area contributed by atoms with E-state index in [9.17, 15) is 14.7 Å². The quantitative estimate of drug-likeness (QED) is 0.276. The topological polar surface area (TPSA) is 121 Å². The molecule has 1 atom stereocenters. The molecular weight excluding hydrogens is 518 g/mol. The molecule has 41 heavy (non-hydrogen) atoms. The van der Waals surface area contributed by atoms with E-state index in [1.165, 1.54) is 5.56 Å². The van der Waals surface area contributed by atoms with Crippen molar-refractivity contribution in [2.24, 2.45) is 5.73 Å². The van der Waals surface area contributed by atoms with Crippen LogP contribution in [0, 0.1) is 6.92 Å². The summed E-state index contributed by atoms with van der Waals surface area (Å²) in [6.07, 6.45) is 0. The minimum atomic E-state index is -1.98. The Kier molecular flexibility index (Phi) is 8.58. The first-order chi connectivity index (χ1) is 19.8. The molecule has 1 aliphatic heterocycles. The van der Waals surface area contributed by atoms with Crippen LogP contribution in [-0.2, 0) is 17.9 Å². The van der Waals surface area contributed by atoms with Crippen LogP contribution in [0.5, 0.6) is 5.75 Å². The molecule has 4 aromatic rings. The molecule has 1 saturated heterocycles. The number of nitrogens with two attached hydrogens (primary N) is 1. The molecule has 0 saturated carbocycles. The van der Waals surface area contributed by atoms with Gasteiger partial charge in [0.15, 0.2) is 0 Å². The number of rotatable bonds is 10. The van der Waals surface area contributed by atoms with Gasteiger partial charge in [-0.3, -0.25) is 24.4 Å². The first-order valence-electron chi connectivity index (χ1n) is 13.7. The van der Waals surface area contributed by atoms with Crippen LogP contribution >= 0.6 is 0 Å². The number of nitrogens with one attached hydrogen (secondary N) is 1. The van der Waals surface area contributed by atoms with Crippen LogP contribution in [0.2, 0.25) is 0 Å². The van der Waals surface area contributed by atoms with Gasteiger partial charge in [-0.15, -0.1) is 0 Å². The summed E-state index contributed by atoms with van der Waals surface area (Å²) in [7, 11) is 0. The molecule has 3 aromatic carbocycles. The summed E-state index contributed by atoms with van der Waals surface area (Å²) >= 11 is 0. The first-order valence-corrected chi connectivity index (χ1v) is 13.7. The molecule has 1 fully saturated rings. The number of carbonyl (C=O) groups excluding carboxylic acids is 2. The van der Waals surface area contributed by atoms with E-state index in [0.717, 1.165) is 28.7 Å². The number of ether oxygens (including phenoxy) is 1. The Balaban J connectivity index is 1.15. The molecule has 4 N–H and O–H groups in total. The monoisotopic (exact) mass is 553 g/mol. The number of aromatic nitrogens is 1. The standard InChI is InChI=1S/C32H35N5O4/c1-23-19-26(28-9-5-6-10-29(28)35-23)21-41-27-13-11-25(12-14-27)30(38)34-22-32(40,31(33)39)37-17-15-36(16-18-37)20-24-7-3-2-4-8-24/h2-14,19,40H,15-18,20-22H2,1H3,(H2,33,39)(H,34,38)/t32-/m0/s1. The zero-order chi connectivity index (χ0) is 28.8. The molecule has 0 bridgehead atoms. The number of hydrogen-bond acceptors (Lipinski definition) is 7. The van der Waals surface area contributed by atoms with Gasteiger partial charge in [-0.25, -0.2) is 0 Å². The van der Waals surface area contributed by atoms with Gasteiger partial charge < -0.3 is 20.9 Å². The highest BCUT2D eigenvalue weighted by Crippen LogP contribution is 2.21. The van der Waals surface area contributed by atoms with Gasteiger partial charge in [-0.05, 0) is 48.9 Å².